The van der Waals surface area contributed by atoms with Crippen LogP contribution in [0.3, 0.4) is 0 Å². The summed E-state index contributed by atoms with van der Waals surface area (Å²) in [4.78, 5) is 14.0. The first-order valence-corrected chi connectivity index (χ1v) is 9.03. The van der Waals surface area contributed by atoms with Crippen molar-refractivity contribution in [2.24, 2.45) is 0 Å². The number of carbonyl (C=O) groups excluding carboxylic acids is 1. The Bertz CT molecular complexity index is 649. The number of carbonyl (C=O) groups is 1. The van der Waals surface area contributed by atoms with E-state index >= 15 is 0 Å². The lowest BCUT2D eigenvalue weighted by Crippen LogP contribution is -2.40. The van der Waals surface area contributed by atoms with Crippen LogP contribution >= 0.6 is 0 Å². The topological polar surface area (TPSA) is 78.5 Å². The van der Waals surface area contributed by atoms with Gasteiger partial charge in [-0.3, -0.25) is 9.69 Å². The fraction of sp³-hybridized carbons (Fsp3) is 0.562. The molecule has 6 nitrogen and oxygen atoms in total. The van der Waals surface area contributed by atoms with Crippen LogP contribution in [0.1, 0.15) is 34.6 Å². The van der Waals surface area contributed by atoms with E-state index in [2.05, 4.69) is 10.0 Å². The number of hydrogen-bond donors (Lipinski definition) is 2. The summed E-state index contributed by atoms with van der Waals surface area (Å²) >= 11 is 0. The van der Waals surface area contributed by atoms with Crippen LogP contribution in [0, 0.1) is 0 Å². The quantitative estimate of drug-likeness (QED) is 0.830. The van der Waals surface area contributed by atoms with Crippen LogP contribution in [0.15, 0.2) is 29.2 Å². The van der Waals surface area contributed by atoms with Crippen LogP contribution in [0.4, 0.5) is 5.69 Å². The predicted molar refractivity (Wildman–Crippen MR) is 92.9 cm³/mol. The normalized spacial score (nSPS) is 12.7. The van der Waals surface area contributed by atoms with Crippen molar-refractivity contribution >= 4 is 21.6 Å². The molecule has 0 saturated carbocycles. The first-order valence-electron chi connectivity index (χ1n) is 7.55. The summed E-state index contributed by atoms with van der Waals surface area (Å²) < 4.78 is 27.2. The first kappa shape index (κ1) is 19.6. The summed E-state index contributed by atoms with van der Waals surface area (Å²) in [7, 11) is -1.76. The van der Waals surface area contributed by atoms with Crippen LogP contribution in [-0.4, -0.2) is 44.4 Å². The average Bonchev–Trinajstić information content (AvgIpc) is 2.35. The second-order valence-corrected chi connectivity index (χ2v) is 8.62. The van der Waals surface area contributed by atoms with Gasteiger partial charge in [0.25, 0.3) is 0 Å². The highest BCUT2D eigenvalue weighted by atomic mass is 32.2. The molecular weight excluding hydrogens is 314 g/mol. The van der Waals surface area contributed by atoms with Crippen LogP contribution in [-0.2, 0) is 14.8 Å². The molecule has 0 saturated heterocycles. The van der Waals surface area contributed by atoms with Crippen molar-refractivity contribution in [1.29, 1.82) is 0 Å². The molecule has 0 aliphatic carbocycles. The first-order chi connectivity index (χ1) is 10.4. The summed E-state index contributed by atoms with van der Waals surface area (Å²) in [6.07, 6.45) is 0. The van der Waals surface area contributed by atoms with Crippen molar-refractivity contribution in [2.45, 2.75) is 51.1 Å². The van der Waals surface area contributed by atoms with Gasteiger partial charge in [-0.15, -0.1) is 0 Å². The lowest BCUT2D eigenvalue weighted by molar-refractivity contribution is -0.117. The number of likely N-dealkylation sites (N-methyl/N-ethyl adjacent to an activating group) is 1. The monoisotopic (exact) mass is 341 g/mol. The molecule has 0 aromatic heterocycles. The largest absolute Gasteiger partial charge is 0.325 e. The van der Waals surface area contributed by atoms with Gasteiger partial charge in [0.15, 0.2) is 0 Å². The number of hydrogen-bond acceptors (Lipinski definition) is 4. The van der Waals surface area contributed by atoms with E-state index in [1.54, 1.807) is 32.9 Å². The van der Waals surface area contributed by atoms with E-state index in [1.165, 1.54) is 12.1 Å². The third-order valence-corrected chi connectivity index (χ3v) is 4.90. The number of benzene rings is 1. The van der Waals surface area contributed by atoms with Gasteiger partial charge in [-0.1, -0.05) is 6.07 Å². The highest BCUT2D eigenvalue weighted by Gasteiger charge is 2.22. The number of sulfonamides is 1. The van der Waals surface area contributed by atoms with Crippen molar-refractivity contribution < 1.29 is 13.2 Å². The van der Waals surface area contributed by atoms with E-state index in [9.17, 15) is 13.2 Å². The lowest BCUT2D eigenvalue weighted by atomic mass is 10.1. The van der Waals surface area contributed by atoms with E-state index in [0.29, 0.717) is 5.69 Å². The number of anilines is 1. The Hall–Kier alpha value is -1.44. The standard InChI is InChI=1S/C16H27N3O3S/c1-12(2)19(6)11-15(20)17-13-8-7-9-14(10-13)23(21,22)18-16(3,4)5/h7-10,12,18H,11H2,1-6H3,(H,17,20). The maximum atomic E-state index is 12.3. The number of nitrogens with zero attached hydrogens (tertiary/aromatic N) is 1. The SMILES string of the molecule is CC(C)N(C)CC(=O)Nc1cccc(S(=O)(=O)NC(C)(C)C)c1. The fourth-order valence-corrected chi connectivity index (χ4v) is 3.28. The van der Waals surface area contributed by atoms with Crippen LogP contribution < -0.4 is 10.0 Å². The minimum absolute atomic E-state index is 0.127. The molecule has 0 bridgehead atoms. The summed E-state index contributed by atoms with van der Waals surface area (Å²) in [6.45, 7) is 9.57. The molecule has 0 aliphatic heterocycles. The van der Waals surface area contributed by atoms with Crippen molar-refractivity contribution in [2.75, 3.05) is 18.9 Å². The Balaban J connectivity index is 2.87. The Morgan fingerprint density at radius 3 is 2.39 bits per heavy atom. The Kier molecular flexibility index (Phi) is 6.33. The molecular formula is C16H27N3O3S. The molecule has 1 aromatic rings. The van der Waals surface area contributed by atoms with Gasteiger partial charge >= 0.3 is 0 Å². The Morgan fingerprint density at radius 2 is 1.87 bits per heavy atom. The van der Waals surface area contributed by atoms with Gasteiger partial charge in [-0.2, -0.15) is 0 Å². The van der Waals surface area contributed by atoms with Crippen molar-refractivity contribution in [1.82, 2.24) is 9.62 Å². The van der Waals surface area contributed by atoms with Crippen molar-refractivity contribution in [3.05, 3.63) is 24.3 Å². The van der Waals surface area contributed by atoms with Crippen LogP contribution in [0.2, 0.25) is 0 Å². The predicted octanol–water partition coefficient (Wildman–Crippen LogP) is 2.04. The molecule has 0 spiro atoms. The zero-order chi connectivity index (χ0) is 17.8. The zero-order valence-corrected chi connectivity index (χ0v) is 15.5. The van der Waals surface area contributed by atoms with Crippen molar-refractivity contribution in [3.8, 4) is 0 Å². The molecule has 0 fully saturated rings. The third-order valence-electron chi connectivity index (χ3n) is 3.14. The molecule has 0 heterocycles. The molecule has 0 aliphatic rings. The summed E-state index contributed by atoms with van der Waals surface area (Å²) in [5.74, 6) is -0.181. The van der Waals surface area contributed by atoms with E-state index in [1.807, 2.05) is 25.8 Å². The summed E-state index contributed by atoms with van der Waals surface area (Å²) in [6, 6.07) is 6.50. The lowest BCUT2D eigenvalue weighted by Gasteiger charge is -2.21. The van der Waals surface area contributed by atoms with E-state index < -0.39 is 15.6 Å². The highest BCUT2D eigenvalue weighted by molar-refractivity contribution is 7.89. The average molecular weight is 341 g/mol. The van der Waals surface area contributed by atoms with Gasteiger partial charge in [-0.05, 0) is 59.9 Å². The fourth-order valence-electron chi connectivity index (χ4n) is 1.81. The smallest absolute Gasteiger partial charge is 0.241 e. The molecule has 1 rings (SSSR count). The minimum Gasteiger partial charge on any atom is -0.325 e. The molecule has 0 radical (unpaired) electrons. The Labute approximate surface area is 139 Å². The maximum Gasteiger partial charge on any atom is 0.241 e. The third kappa shape index (κ3) is 6.68. The maximum absolute atomic E-state index is 12.3. The zero-order valence-electron chi connectivity index (χ0n) is 14.7. The van der Waals surface area contributed by atoms with Gasteiger partial charge in [-0.25, -0.2) is 13.1 Å². The molecule has 0 atom stereocenters. The number of rotatable bonds is 6. The van der Waals surface area contributed by atoms with Gasteiger partial charge in [0, 0.05) is 17.3 Å². The molecule has 1 amide bonds. The van der Waals surface area contributed by atoms with Gasteiger partial charge in [0.1, 0.15) is 0 Å². The van der Waals surface area contributed by atoms with E-state index in [0.717, 1.165) is 0 Å². The summed E-state index contributed by atoms with van der Waals surface area (Å²) in [5, 5.41) is 2.73. The number of nitrogens with one attached hydrogen (secondary N) is 2. The number of amides is 1. The molecule has 130 valence electrons. The molecule has 2 N–H and O–H groups in total. The molecule has 1 aromatic carbocycles. The van der Waals surface area contributed by atoms with Crippen molar-refractivity contribution in [3.63, 3.8) is 0 Å². The molecule has 23 heavy (non-hydrogen) atoms. The summed E-state index contributed by atoms with van der Waals surface area (Å²) in [5.41, 5.74) is -0.109. The van der Waals surface area contributed by atoms with E-state index in [-0.39, 0.29) is 23.4 Å². The minimum atomic E-state index is -3.62. The van der Waals surface area contributed by atoms with Crippen LogP contribution in [0.25, 0.3) is 0 Å². The molecule has 7 heteroatoms. The van der Waals surface area contributed by atoms with Gasteiger partial charge < -0.3 is 5.32 Å². The van der Waals surface area contributed by atoms with Gasteiger partial charge in [0.2, 0.25) is 15.9 Å². The Morgan fingerprint density at radius 1 is 1.26 bits per heavy atom. The van der Waals surface area contributed by atoms with Crippen LogP contribution in [0.5, 0.6) is 0 Å². The second-order valence-electron chi connectivity index (χ2n) is 6.94. The van der Waals surface area contributed by atoms with Gasteiger partial charge in [0.05, 0.1) is 11.4 Å². The molecule has 0 unspecified atom stereocenters. The second kappa shape index (κ2) is 7.42. The van der Waals surface area contributed by atoms with E-state index in [4.69, 9.17) is 0 Å². The highest BCUT2D eigenvalue weighted by Crippen LogP contribution is 2.17.